The molecule has 4 bridgehead atoms. The Labute approximate surface area is 226 Å². The van der Waals surface area contributed by atoms with Gasteiger partial charge in [0, 0.05) is 29.5 Å². The number of carbonyl (C=O) groups excluding carboxylic acids is 2. The van der Waals surface area contributed by atoms with Gasteiger partial charge in [-0.05, 0) is 96.1 Å². The summed E-state index contributed by atoms with van der Waals surface area (Å²) in [5, 5.41) is 10.6. The molecule has 10 nitrogen and oxygen atoms in total. The Kier molecular flexibility index (Phi) is 7.07. The van der Waals surface area contributed by atoms with Crippen LogP contribution in [0, 0.1) is 13.8 Å². The molecule has 2 amide bonds. The van der Waals surface area contributed by atoms with Gasteiger partial charge in [0.15, 0.2) is 17.3 Å². The molecule has 0 saturated heterocycles. The average Bonchev–Trinajstić information content (AvgIpc) is 2.89. The largest absolute Gasteiger partial charge is 0.483 e. The second kappa shape index (κ2) is 10.6. The second-order valence-corrected chi connectivity index (χ2v) is 10.3. The zero-order chi connectivity index (χ0) is 27.7. The van der Waals surface area contributed by atoms with Crippen LogP contribution in [-0.2, 0) is 26.8 Å². The topological polar surface area (TPSA) is 153 Å². The number of ether oxygens (including phenoxy) is 1. The summed E-state index contributed by atoms with van der Waals surface area (Å²) >= 11 is 0. The highest BCUT2D eigenvalue weighted by molar-refractivity contribution is 7.72. The van der Waals surface area contributed by atoms with E-state index in [1.54, 1.807) is 6.20 Å². The molecular formula is C28H27N5O5S. The number of carbonyl (C=O) groups is 2. The predicted molar refractivity (Wildman–Crippen MR) is 149 cm³/mol. The zero-order valence-electron chi connectivity index (χ0n) is 21.3. The van der Waals surface area contributed by atoms with Crippen molar-refractivity contribution in [3.63, 3.8) is 0 Å². The Morgan fingerprint density at radius 1 is 1.03 bits per heavy atom. The predicted octanol–water partition coefficient (Wildman–Crippen LogP) is 3.20. The van der Waals surface area contributed by atoms with Crippen molar-refractivity contribution in [2.45, 2.75) is 31.3 Å². The van der Waals surface area contributed by atoms with Crippen molar-refractivity contribution in [1.82, 2.24) is 10.3 Å². The normalized spacial score (nSPS) is 15.7. The van der Waals surface area contributed by atoms with Crippen LogP contribution >= 0.6 is 0 Å². The first-order valence-corrected chi connectivity index (χ1v) is 13.4. The Morgan fingerprint density at radius 2 is 1.79 bits per heavy atom. The fraction of sp³-hybridized carbons (Fsp3) is 0.179. The number of nitrogens with one attached hydrogen (secondary N) is 3. The number of aryl methyl sites for hydroxylation is 2. The van der Waals surface area contributed by atoms with Gasteiger partial charge in [-0.25, -0.2) is 13.4 Å². The lowest BCUT2D eigenvalue weighted by molar-refractivity contribution is -0.122. The van der Waals surface area contributed by atoms with Crippen LogP contribution in [0.2, 0.25) is 0 Å². The molecule has 1 aromatic heterocycles. The summed E-state index contributed by atoms with van der Waals surface area (Å²) in [6.07, 6.45) is 1.62. The molecule has 1 atom stereocenters. The van der Waals surface area contributed by atoms with Gasteiger partial charge in [-0.15, -0.1) is 0 Å². The van der Waals surface area contributed by atoms with Gasteiger partial charge in [0.25, 0.3) is 5.91 Å². The molecule has 4 aromatic rings. The Balaban J connectivity index is 1.57. The van der Waals surface area contributed by atoms with E-state index in [1.807, 2.05) is 50.2 Å². The van der Waals surface area contributed by atoms with Crippen LogP contribution in [0.25, 0.3) is 10.8 Å². The van der Waals surface area contributed by atoms with Crippen LogP contribution in [0.3, 0.4) is 0 Å². The smallest absolute Gasteiger partial charge is 0.262 e. The van der Waals surface area contributed by atoms with E-state index in [9.17, 15) is 18.0 Å². The lowest BCUT2D eigenvalue weighted by Crippen LogP contribution is -2.33. The molecule has 200 valence electrons. The van der Waals surface area contributed by atoms with E-state index in [0.29, 0.717) is 34.1 Å². The lowest BCUT2D eigenvalue weighted by Gasteiger charge is -2.22. The van der Waals surface area contributed by atoms with Gasteiger partial charge >= 0.3 is 0 Å². The van der Waals surface area contributed by atoms with Gasteiger partial charge in [0.05, 0.1) is 4.90 Å². The minimum atomic E-state index is -2.92. The van der Waals surface area contributed by atoms with Crippen molar-refractivity contribution < 1.29 is 22.7 Å². The van der Waals surface area contributed by atoms with Crippen LogP contribution in [0.1, 0.15) is 28.3 Å². The summed E-state index contributed by atoms with van der Waals surface area (Å²) in [5.41, 5.74) is 9.61. The van der Waals surface area contributed by atoms with E-state index in [2.05, 4.69) is 20.9 Å². The van der Waals surface area contributed by atoms with Crippen molar-refractivity contribution in [1.29, 1.82) is 0 Å². The number of aromatic nitrogens is 1. The van der Waals surface area contributed by atoms with Crippen LogP contribution in [0.5, 0.6) is 5.75 Å². The van der Waals surface area contributed by atoms with Crippen LogP contribution in [0.4, 0.5) is 17.2 Å². The molecule has 39 heavy (non-hydrogen) atoms. The van der Waals surface area contributed by atoms with E-state index in [1.165, 1.54) is 18.2 Å². The van der Waals surface area contributed by atoms with Crippen molar-refractivity contribution in [3.05, 3.63) is 83.0 Å². The molecule has 6 rings (SSSR count). The maximum absolute atomic E-state index is 13.7. The molecule has 1 unspecified atom stereocenters. The fourth-order valence-corrected chi connectivity index (χ4v) is 5.31. The van der Waals surface area contributed by atoms with Crippen LogP contribution in [-0.4, -0.2) is 31.8 Å². The monoisotopic (exact) mass is 545 g/mol. The molecule has 3 heterocycles. The summed E-state index contributed by atoms with van der Waals surface area (Å²) in [5.74, 6) is 0.202. The molecule has 2 aliphatic rings. The molecule has 2 aliphatic heterocycles. The number of thiol groups is 1. The van der Waals surface area contributed by atoms with Crippen LogP contribution < -0.4 is 26.4 Å². The van der Waals surface area contributed by atoms with E-state index in [4.69, 9.17) is 10.5 Å². The minimum Gasteiger partial charge on any atom is -0.483 e. The highest BCUT2D eigenvalue weighted by atomic mass is 32.2. The van der Waals surface area contributed by atoms with Gasteiger partial charge in [0.1, 0.15) is 17.6 Å². The van der Waals surface area contributed by atoms with Crippen molar-refractivity contribution >= 4 is 50.5 Å². The van der Waals surface area contributed by atoms with Gasteiger partial charge in [-0.1, -0.05) is 0 Å². The van der Waals surface area contributed by atoms with Gasteiger partial charge in [-0.2, -0.15) is 0 Å². The maximum Gasteiger partial charge on any atom is 0.262 e. The second-order valence-electron chi connectivity index (χ2n) is 9.35. The van der Waals surface area contributed by atoms with Gasteiger partial charge in [0.2, 0.25) is 5.91 Å². The zero-order valence-corrected chi connectivity index (χ0v) is 22.2. The molecule has 0 radical (unpaired) electrons. The number of nitrogens with two attached hydrogens (primary N) is 1. The SMILES string of the molecule is Cc1cc2cc(C)c1OCC(=O)Nc1ccc([SH](=O)=O)c(c1)CNC(=O)C2Nc1ccc2c(N)nccc2c1. The standard InChI is InChI=1S/C28H27N5O5S/c1-15-9-18-10-16(2)26(15)38-14-24(34)32-20-4-6-23(39(36)37)19(12-20)13-31-28(35)25(18)33-21-3-5-22-17(11-21)7-8-30-27(22)29/h3-12,25,33,39H,13-14H2,1-2H3,(H2,29,30)(H,31,35)(H,32,34). The summed E-state index contributed by atoms with van der Waals surface area (Å²) < 4.78 is 29.6. The third-order valence-corrected chi connectivity index (χ3v) is 7.37. The molecule has 11 heteroatoms. The Hall–Kier alpha value is -4.64. The fourth-order valence-electron chi connectivity index (χ4n) is 4.74. The first kappa shape index (κ1) is 26.0. The van der Waals surface area contributed by atoms with E-state index >= 15 is 0 Å². The highest BCUT2D eigenvalue weighted by Gasteiger charge is 2.24. The van der Waals surface area contributed by atoms with E-state index in [0.717, 1.165) is 21.9 Å². The molecule has 0 spiro atoms. The number of fused-ring (bicyclic) bond motifs is 9. The number of anilines is 3. The summed E-state index contributed by atoms with van der Waals surface area (Å²) in [6, 6.07) is 14.6. The number of benzene rings is 3. The molecule has 0 fully saturated rings. The lowest BCUT2D eigenvalue weighted by atomic mass is 9.98. The number of nitrogens with zero attached hydrogens (tertiary/aromatic N) is 1. The minimum absolute atomic E-state index is 0.0599. The summed E-state index contributed by atoms with van der Waals surface area (Å²) in [4.78, 5) is 30.4. The molecule has 0 aliphatic carbocycles. The number of nitrogen functional groups attached to an aromatic ring is 1. The Bertz CT molecular complexity index is 1670. The third kappa shape index (κ3) is 5.48. The van der Waals surface area contributed by atoms with Gasteiger partial charge in [-0.3, -0.25) is 9.59 Å². The summed E-state index contributed by atoms with van der Waals surface area (Å²) in [6.45, 7) is 3.40. The first-order valence-electron chi connectivity index (χ1n) is 12.2. The third-order valence-electron chi connectivity index (χ3n) is 6.55. The number of amides is 2. The molecule has 3 aromatic carbocycles. The van der Waals surface area contributed by atoms with E-state index in [-0.39, 0.29) is 24.0 Å². The van der Waals surface area contributed by atoms with Gasteiger partial charge < -0.3 is 26.4 Å². The quantitative estimate of drug-likeness (QED) is 0.246. The van der Waals surface area contributed by atoms with Crippen molar-refractivity contribution in [2.24, 2.45) is 0 Å². The molecule has 0 saturated carbocycles. The number of hydrogen-bond donors (Lipinski definition) is 5. The number of hydrogen-bond acceptors (Lipinski definition) is 8. The molecular weight excluding hydrogens is 518 g/mol. The van der Waals surface area contributed by atoms with E-state index < -0.39 is 22.7 Å². The van der Waals surface area contributed by atoms with Crippen molar-refractivity contribution in [3.8, 4) is 5.75 Å². The average molecular weight is 546 g/mol. The number of pyridine rings is 1. The maximum atomic E-state index is 13.7. The highest BCUT2D eigenvalue weighted by Crippen LogP contribution is 2.31. The number of rotatable bonds is 3. The van der Waals surface area contributed by atoms with Crippen LogP contribution in [0.15, 0.2) is 65.7 Å². The first-order chi connectivity index (χ1) is 18.7. The summed E-state index contributed by atoms with van der Waals surface area (Å²) in [7, 11) is -2.92. The molecule has 5 N–H and O–H groups in total. The Morgan fingerprint density at radius 3 is 2.54 bits per heavy atom. The van der Waals surface area contributed by atoms with Crippen molar-refractivity contribution in [2.75, 3.05) is 23.0 Å².